The van der Waals surface area contributed by atoms with E-state index in [1.807, 2.05) is 30.3 Å². The minimum atomic E-state index is 0.594. The number of nitriles is 2. The monoisotopic (exact) mass is 699 g/mol. The zero-order valence-electron chi connectivity index (χ0n) is 29.5. The summed E-state index contributed by atoms with van der Waals surface area (Å²) in [4.78, 5) is 0. The van der Waals surface area contributed by atoms with Crippen molar-refractivity contribution in [3.05, 3.63) is 187 Å². The maximum absolute atomic E-state index is 10.6. The Balaban J connectivity index is 1.14. The van der Waals surface area contributed by atoms with Crippen molar-refractivity contribution in [2.45, 2.75) is 0 Å². The van der Waals surface area contributed by atoms with Gasteiger partial charge in [0.25, 0.3) is 0 Å². The summed E-state index contributed by atoms with van der Waals surface area (Å²) in [6.07, 6.45) is 0. The quantitative estimate of drug-likeness (QED) is 0.184. The summed E-state index contributed by atoms with van der Waals surface area (Å²) in [6.45, 7) is 0. The van der Waals surface area contributed by atoms with Gasteiger partial charge in [0, 0.05) is 43.6 Å². The molecule has 55 heavy (non-hydrogen) atoms. The summed E-state index contributed by atoms with van der Waals surface area (Å²) in [6, 6.07) is 66.0. The molecule has 3 aromatic heterocycles. The van der Waals surface area contributed by atoms with Crippen LogP contribution >= 0.6 is 0 Å². The Kier molecular flexibility index (Phi) is 6.61. The van der Waals surface area contributed by atoms with E-state index in [4.69, 9.17) is 0 Å². The molecule has 5 heteroatoms. The average molecular weight is 700 g/mol. The van der Waals surface area contributed by atoms with Crippen molar-refractivity contribution in [1.82, 2.24) is 13.7 Å². The number of hydrogen-bond acceptors (Lipinski definition) is 2. The molecule has 0 fully saturated rings. The Bertz CT molecular complexity index is 3420. The van der Waals surface area contributed by atoms with Gasteiger partial charge in [-0.1, -0.05) is 97.1 Å². The third-order valence-electron chi connectivity index (χ3n) is 11.1. The highest BCUT2D eigenvalue weighted by molar-refractivity contribution is 6.13. The van der Waals surface area contributed by atoms with Crippen molar-refractivity contribution in [3.63, 3.8) is 0 Å². The second-order valence-electron chi connectivity index (χ2n) is 14.0. The second-order valence-corrected chi connectivity index (χ2v) is 14.0. The summed E-state index contributed by atoms with van der Waals surface area (Å²) in [7, 11) is 0. The highest BCUT2D eigenvalue weighted by atomic mass is 15.0. The number of benzene rings is 8. The van der Waals surface area contributed by atoms with E-state index < -0.39 is 0 Å². The van der Waals surface area contributed by atoms with Gasteiger partial charge < -0.3 is 13.7 Å². The maximum Gasteiger partial charge on any atom is 0.101 e. The zero-order valence-corrected chi connectivity index (χ0v) is 29.5. The Morgan fingerprint density at radius 3 is 1.45 bits per heavy atom. The van der Waals surface area contributed by atoms with E-state index >= 15 is 0 Å². The van der Waals surface area contributed by atoms with E-state index in [1.54, 1.807) is 0 Å². The first-order chi connectivity index (χ1) is 27.2. The molecule has 8 aromatic carbocycles. The molecule has 0 aliphatic heterocycles. The van der Waals surface area contributed by atoms with Crippen molar-refractivity contribution >= 4 is 65.4 Å². The predicted molar refractivity (Wildman–Crippen MR) is 224 cm³/mol. The van der Waals surface area contributed by atoms with Crippen LogP contribution in [0.5, 0.6) is 0 Å². The first-order valence-electron chi connectivity index (χ1n) is 18.3. The SMILES string of the molecule is N#Cc1ccc2c(c1)c1ccccc1n2-c1ccccc1-c1ccc(C#N)c(-n2c3ccccc3c3cc(-n4c5ccccc5c5ccccc54)ccc32)c1. The standard InChI is InChI=1S/C50H29N5/c51-30-32-21-25-48-41(27-32)39-14-4-9-19-46(39)54(48)43-16-6-1-11-36(43)33-22-23-34(31-52)50(28-33)55-47-20-10-5-15-40(47)42-29-35(24-26-49(42)55)53-44-17-7-2-12-37(44)38-13-3-8-18-45(38)53/h1-29H. The molecule has 0 aliphatic carbocycles. The summed E-state index contributed by atoms with van der Waals surface area (Å²) in [5.41, 5.74) is 12.7. The van der Waals surface area contributed by atoms with Gasteiger partial charge in [0.2, 0.25) is 0 Å². The molecule has 5 nitrogen and oxygen atoms in total. The van der Waals surface area contributed by atoms with Gasteiger partial charge in [-0.05, 0) is 84.4 Å². The molecular formula is C50H29N5. The lowest BCUT2D eigenvalue weighted by Crippen LogP contribution is -2.01. The Labute approximate surface area is 316 Å². The van der Waals surface area contributed by atoms with E-state index in [9.17, 15) is 10.5 Å². The van der Waals surface area contributed by atoms with Crippen LogP contribution in [-0.4, -0.2) is 13.7 Å². The van der Waals surface area contributed by atoms with Crippen molar-refractivity contribution < 1.29 is 0 Å². The molecule has 0 N–H and O–H groups in total. The number of rotatable bonds is 4. The topological polar surface area (TPSA) is 62.4 Å². The Morgan fingerprint density at radius 1 is 0.345 bits per heavy atom. The largest absolute Gasteiger partial charge is 0.309 e. The molecule has 0 saturated heterocycles. The summed E-state index contributed by atoms with van der Waals surface area (Å²) in [5.74, 6) is 0. The number of fused-ring (bicyclic) bond motifs is 9. The highest BCUT2D eigenvalue weighted by Crippen LogP contribution is 2.40. The molecule has 0 amide bonds. The maximum atomic E-state index is 10.6. The molecule has 254 valence electrons. The molecule has 0 saturated carbocycles. The molecule has 0 spiro atoms. The first kappa shape index (κ1) is 30.7. The van der Waals surface area contributed by atoms with Crippen LogP contribution in [0.15, 0.2) is 176 Å². The van der Waals surface area contributed by atoms with E-state index in [1.165, 1.54) is 21.8 Å². The molecule has 0 radical (unpaired) electrons. The van der Waals surface area contributed by atoms with E-state index in [-0.39, 0.29) is 0 Å². The van der Waals surface area contributed by atoms with Crippen LogP contribution in [0.25, 0.3) is 93.6 Å². The van der Waals surface area contributed by atoms with Gasteiger partial charge in [0.1, 0.15) is 6.07 Å². The molecule has 11 rings (SSSR count). The number of aromatic nitrogens is 3. The number of hydrogen-bond donors (Lipinski definition) is 0. The van der Waals surface area contributed by atoms with Crippen LogP contribution in [0.3, 0.4) is 0 Å². The van der Waals surface area contributed by atoms with Crippen molar-refractivity contribution in [2.24, 2.45) is 0 Å². The molecule has 3 heterocycles. The Morgan fingerprint density at radius 2 is 0.836 bits per heavy atom. The molecule has 0 atom stereocenters. The lowest BCUT2D eigenvalue weighted by atomic mass is 10.00. The van der Waals surface area contributed by atoms with Gasteiger partial charge in [-0.25, -0.2) is 0 Å². The van der Waals surface area contributed by atoms with Crippen LogP contribution in [0.2, 0.25) is 0 Å². The summed E-state index contributed by atoms with van der Waals surface area (Å²) in [5, 5.41) is 27.1. The first-order valence-corrected chi connectivity index (χ1v) is 18.3. The van der Waals surface area contributed by atoms with Gasteiger partial charge in [0.05, 0.1) is 61.7 Å². The third-order valence-corrected chi connectivity index (χ3v) is 11.1. The minimum absolute atomic E-state index is 0.594. The van der Waals surface area contributed by atoms with Gasteiger partial charge in [-0.15, -0.1) is 0 Å². The van der Waals surface area contributed by atoms with Crippen LogP contribution < -0.4 is 0 Å². The lowest BCUT2D eigenvalue weighted by molar-refractivity contribution is 1.15. The van der Waals surface area contributed by atoms with E-state index in [2.05, 4.69) is 171 Å². The third kappa shape index (κ3) is 4.45. The molecule has 0 aliphatic rings. The number of nitrogens with zero attached hydrogens (tertiary/aromatic N) is 5. The molecule has 0 bridgehead atoms. The van der Waals surface area contributed by atoms with Gasteiger partial charge in [0.15, 0.2) is 0 Å². The van der Waals surface area contributed by atoms with Gasteiger partial charge >= 0.3 is 0 Å². The fraction of sp³-hybridized carbons (Fsp3) is 0. The smallest absolute Gasteiger partial charge is 0.101 e. The van der Waals surface area contributed by atoms with Gasteiger partial charge in [-0.3, -0.25) is 0 Å². The van der Waals surface area contributed by atoms with Gasteiger partial charge in [-0.2, -0.15) is 10.5 Å². The zero-order chi connectivity index (χ0) is 36.6. The van der Waals surface area contributed by atoms with Crippen LogP contribution in [0.4, 0.5) is 0 Å². The molecule has 11 aromatic rings. The van der Waals surface area contributed by atoms with Crippen LogP contribution in [0.1, 0.15) is 11.1 Å². The number of para-hydroxylation sites is 5. The van der Waals surface area contributed by atoms with Crippen molar-refractivity contribution in [1.29, 1.82) is 10.5 Å². The van der Waals surface area contributed by atoms with Crippen LogP contribution in [-0.2, 0) is 0 Å². The van der Waals surface area contributed by atoms with E-state index in [0.717, 1.165) is 71.8 Å². The fourth-order valence-electron chi connectivity index (χ4n) is 8.75. The van der Waals surface area contributed by atoms with Crippen molar-refractivity contribution in [2.75, 3.05) is 0 Å². The Hall–Kier alpha value is -7.86. The lowest BCUT2D eigenvalue weighted by Gasteiger charge is -2.16. The molecule has 0 unspecified atom stereocenters. The second kappa shape index (κ2) is 11.8. The predicted octanol–water partition coefficient (Wildman–Crippen LogP) is 12.4. The fourth-order valence-corrected chi connectivity index (χ4v) is 8.75. The molecular weight excluding hydrogens is 671 g/mol. The minimum Gasteiger partial charge on any atom is -0.309 e. The van der Waals surface area contributed by atoms with E-state index in [0.29, 0.717) is 11.1 Å². The average Bonchev–Trinajstić information content (AvgIpc) is 3.88. The van der Waals surface area contributed by atoms with Crippen molar-refractivity contribution in [3.8, 4) is 40.3 Å². The summed E-state index contributed by atoms with van der Waals surface area (Å²) >= 11 is 0. The van der Waals surface area contributed by atoms with Crippen LogP contribution in [0, 0.1) is 22.7 Å². The highest BCUT2D eigenvalue weighted by Gasteiger charge is 2.20. The summed E-state index contributed by atoms with van der Waals surface area (Å²) < 4.78 is 6.88. The normalized spacial score (nSPS) is 11.6.